The highest BCUT2D eigenvalue weighted by Crippen LogP contribution is 2.19. The first kappa shape index (κ1) is 19.3. The number of aryl methyl sites for hydroxylation is 1. The number of hydrogen-bond donors (Lipinski definition) is 2. The Morgan fingerprint density at radius 2 is 2.04 bits per heavy atom. The van der Waals surface area contributed by atoms with Crippen LogP contribution < -0.4 is 10.6 Å². The van der Waals surface area contributed by atoms with Gasteiger partial charge in [-0.1, -0.05) is 0 Å². The average Bonchev–Trinajstić information content (AvgIpc) is 2.77. The highest BCUT2D eigenvalue weighted by Gasteiger charge is 2.25. The van der Waals surface area contributed by atoms with Crippen molar-refractivity contribution in [3.63, 3.8) is 0 Å². The molecule has 0 aliphatic heterocycles. The summed E-state index contributed by atoms with van der Waals surface area (Å²) in [6.45, 7) is 6.42. The molecule has 1 atom stereocenters. The average molecular weight is 349 g/mol. The topological polar surface area (TPSA) is 80.3 Å². The first-order chi connectivity index (χ1) is 10.6. The van der Waals surface area contributed by atoms with Gasteiger partial charge in [0.2, 0.25) is 12.3 Å². The summed E-state index contributed by atoms with van der Waals surface area (Å²) in [6, 6.07) is 1.65. The van der Waals surface area contributed by atoms with Gasteiger partial charge in [-0.05, 0) is 45.3 Å². The van der Waals surface area contributed by atoms with Gasteiger partial charge in [0.25, 0.3) is 0 Å². The van der Waals surface area contributed by atoms with Gasteiger partial charge in [0.1, 0.15) is 10.6 Å². The minimum atomic E-state index is -2.74. The Kier molecular flexibility index (Phi) is 6.86. The van der Waals surface area contributed by atoms with E-state index < -0.39 is 36.4 Å². The highest BCUT2D eigenvalue weighted by atomic mass is 32.1. The second-order valence-corrected chi connectivity index (χ2v) is 6.87. The number of halogens is 2. The molecule has 2 N–H and O–H groups in total. The fraction of sp³-hybridized carbons (Fsp3) is 0.643. The van der Waals surface area contributed by atoms with Gasteiger partial charge < -0.3 is 15.4 Å². The molecule has 1 unspecified atom stereocenters. The molecule has 1 aromatic rings. The number of hydrogen-bond acceptors (Lipinski definition) is 5. The maximum Gasteiger partial charge on any atom is 0.407 e. The number of alkyl halides is 2. The van der Waals surface area contributed by atoms with E-state index in [0.29, 0.717) is 5.00 Å². The van der Waals surface area contributed by atoms with Crippen molar-refractivity contribution in [1.82, 2.24) is 9.69 Å². The van der Waals surface area contributed by atoms with Gasteiger partial charge in [0, 0.05) is 18.9 Å². The van der Waals surface area contributed by atoms with Crippen LogP contribution in [0.3, 0.4) is 0 Å². The number of amides is 2. The zero-order valence-electron chi connectivity index (χ0n) is 13.5. The number of nitrogens with one attached hydrogen (secondary N) is 2. The van der Waals surface area contributed by atoms with E-state index in [2.05, 4.69) is 15.0 Å². The molecule has 9 heteroatoms. The van der Waals surface area contributed by atoms with Crippen LogP contribution >= 0.6 is 11.5 Å². The molecule has 130 valence electrons. The number of aromatic nitrogens is 1. The molecule has 0 spiro atoms. The fourth-order valence-electron chi connectivity index (χ4n) is 1.63. The molecule has 0 aliphatic rings. The maximum atomic E-state index is 13.0. The molecular weight excluding hydrogens is 328 g/mol. The van der Waals surface area contributed by atoms with Crippen LogP contribution in [-0.2, 0) is 9.53 Å². The SMILES string of the molecule is Cc1cc(NC(=O)CC(CNC(=O)OC(C)(C)C)C(F)F)sn1. The molecule has 1 heterocycles. The van der Waals surface area contributed by atoms with Crippen LogP contribution in [0.5, 0.6) is 0 Å². The second kappa shape index (κ2) is 8.19. The van der Waals surface area contributed by atoms with Crippen LogP contribution in [-0.4, -0.2) is 34.9 Å². The van der Waals surface area contributed by atoms with Crippen molar-refractivity contribution < 1.29 is 23.1 Å². The van der Waals surface area contributed by atoms with E-state index in [9.17, 15) is 18.4 Å². The molecule has 0 radical (unpaired) electrons. The van der Waals surface area contributed by atoms with Crippen molar-refractivity contribution in [2.75, 3.05) is 11.9 Å². The molecule has 0 saturated carbocycles. The predicted octanol–water partition coefficient (Wildman–Crippen LogP) is 3.19. The molecule has 2 amide bonds. The molecule has 0 aromatic carbocycles. The van der Waals surface area contributed by atoms with E-state index in [1.165, 1.54) is 0 Å². The van der Waals surface area contributed by atoms with E-state index in [0.717, 1.165) is 17.2 Å². The third kappa shape index (κ3) is 7.87. The smallest absolute Gasteiger partial charge is 0.407 e. The summed E-state index contributed by atoms with van der Waals surface area (Å²) in [5.41, 5.74) is 0.0218. The minimum absolute atomic E-state index is 0.346. The van der Waals surface area contributed by atoms with E-state index in [-0.39, 0.29) is 6.54 Å². The minimum Gasteiger partial charge on any atom is -0.444 e. The van der Waals surface area contributed by atoms with Gasteiger partial charge in [-0.15, -0.1) is 0 Å². The summed E-state index contributed by atoms with van der Waals surface area (Å²) < 4.78 is 35.0. The van der Waals surface area contributed by atoms with Crippen molar-refractivity contribution in [3.8, 4) is 0 Å². The van der Waals surface area contributed by atoms with Crippen molar-refractivity contribution in [2.45, 2.75) is 46.1 Å². The number of carbonyl (C=O) groups excluding carboxylic acids is 2. The zero-order valence-corrected chi connectivity index (χ0v) is 14.3. The Labute approximate surface area is 137 Å². The standard InChI is InChI=1S/C14H21F2N3O3S/c1-8-5-11(23-19-8)18-10(20)6-9(12(15)16)7-17-13(21)22-14(2,3)4/h5,9,12H,6-7H2,1-4H3,(H,17,21)(H,18,20). The number of anilines is 1. The van der Waals surface area contributed by atoms with Crippen LogP contribution in [0, 0.1) is 12.8 Å². The van der Waals surface area contributed by atoms with Crippen LogP contribution in [0.2, 0.25) is 0 Å². The summed E-state index contributed by atoms with van der Waals surface area (Å²) in [4.78, 5) is 23.3. The van der Waals surface area contributed by atoms with E-state index >= 15 is 0 Å². The molecule has 0 fully saturated rings. The lowest BCUT2D eigenvalue weighted by atomic mass is 10.1. The lowest BCUT2D eigenvalue weighted by molar-refractivity contribution is -0.118. The molecule has 1 rings (SSSR count). The first-order valence-electron chi connectivity index (χ1n) is 7.05. The Balaban J connectivity index is 2.48. The summed E-state index contributed by atoms with van der Waals surface area (Å²) in [5, 5.41) is 5.28. The van der Waals surface area contributed by atoms with Crippen molar-refractivity contribution in [1.29, 1.82) is 0 Å². The quantitative estimate of drug-likeness (QED) is 0.826. The number of nitrogens with zero attached hydrogens (tertiary/aromatic N) is 1. The van der Waals surface area contributed by atoms with Crippen LogP contribution in [0.4, 0.5) is 18.6 Å². The van der Waals surface area contributed by atoms with Crippen molar-refractivity contribution in [3.05, 3.63) is 11.8 Å². The summed E-state index contributed by atoms with van der Waals surface area (Å²) in [7, 11) is 0. The van der Waals surface area contributed by atoms with Crippen LogP contribution in [0.25, 0.3) is 0 Å². The highest BCUT2D eigenvalue weighted by molar-refractivity contribution is 7.10. The van der Waals surface area contributed by atoms with Gasteiger partial charge >= 0.3 is 6.09 Å². The van der Waals surface area contributed by atoms with Crippen molar-refractivity contribution in [2.24, 2.45) is 5.92 Å². The van der Waals surface area contributed by atoms with E-state index in [1.807, 2.05) is 0 Å². The van der Waals surface area contributed by atoms with Gasteiger partial charge in [-0.3, -0.25) is 4.79 Å². The largest absolute Gasteiger partial charge is 0.444 e. The van der Waals surface area contributed by atoms with Gasteiger partial charge in [0.15, 0.2) is 0 Å². The molecular formula is C14H21F2N3O3S. The number of rotatable bonds is 6. The maximum absolute atomic E-state index is 13.0. The third-order valence-electron chi connectivity index (χ3n) is 2.60. The monoisotopic (exact) mass is 349 g/mol. The summed E-state index contributed by atoms with van der Waals surface area (Å²) in [6.07, 6.45) is -3.94. The molecule has 0 saturated heterocycles. The normalized spacial score (nSPS) is 12.8. The lowest BCUT2D eigenvalue weighted by Gasteiger charge is -2.21. The Morgan fingerprint density at radius 3 is 2.52 bits per heavy atom. The molecule has 23 heavy (non-hydrogen) atoms. The zero-order chi connectivity index (χ0) is 17.6. The predicted molar refractivity (Wildman–Crippen MR) is 83.8 cm³/mol. The van der Waals surface area contributed by atoms with Gasteiger partial charge in [0.05, 0.1) is 5.69 Å². The van der Waals surface area contributed by atoms with E-state index in [1.54, 1.807) is 33.8 Å². The first-order valence-corrected chi connectivity index (χ1v) is 7.82. The molecule has 1 aromatic heterocycles. The van der Waals surface area contributed by atoms with Gasteiger partial charge in [-0.25, -0.2) is 13.6 Å². The number of ether oxygens (including phenoxy) is 1. The molecule has 6 nitrogen and oxygen atoms in total. The second-order valence-electron chi connectivity index (χ2n) is 6.06. The van der Waals surface area contributed by atoms with Crippen LogP contribution in [0.15, 0.2) is 6.07 Å². The number of alkyl carbamates (subject to hydrolysis) is 1. The van der Waals surface area contributed by atoms with Crippen molar-refractivity contribution >= 4 is 28.5 Å². The van der Waals surface area contributed by atoms with Gasteiger partial charge in [-0.2, -0.15) is 4.37 Å². The number of carbonyl (C=O) groups is 2. The third-order valence-corrected chi connectivity index (χ3v) is 3.40. The van der Waals surface area contributed by atoms with Crippen LogP contribution in [0.1, 0.15) is 32.9 Å². The Morgan fingerprint density at radius 1 is 1.39 bits per heavy atom. The molecule has 0 aliphatic carbocycles. The Hall–Kier alpha value is -1.77. The fourth-order valence-corrected chi connectivity index (χ4v) is 2.31. The van der Waals surface area contributed by atoms with E-state index in [4.69, 9.17) is 4.74 Å². The summed E-state index contributed by atoms with van der Waals surface area (Å²) >= 11 is 1.08. The Bertz CT molecular complexity index is 544. The lowest BCUT2D eigenvalue weighted by Crippen LogP contribution is -2.38. The summed E-state index contributed by atoms with van der Waals surface area (Å²) in [5.74, 6) is -1.85. The molecule has 0 bridgehead atoms.